The summed E-state index contributed by atoms with van der Waals surface area (Å²) in [6, 6.07) is 9.52. The Morgan fingerprint density at radius 1 is 1.22 bits per heavy atom. The first-order valence-corrected chi connectivity index (χ1v) is 8.79. The highest BCUT2D eigenvalue weighted by molar-refractivity contribution is 7.89. The normalized spacial score (nSPS) is 18.6. The van der Waals surface area contributed by atoms with E-state index in [1.165, 1.54) is 4.31 Å². The van der Waals surface area contributed by atoms with Crippen LogP contribution in [0.2, 0.25) is 0 Å². The van der Waals surface area contributed by atoms with Crippen LogP contribution in [0.4, 0.5) is 0 Å². The lowest BCUT2D eigenvalue weighted by molar-refractivity contribution is -0.138. The summed E-state index contributed by atoms with van der Waals surface area (Å²) in [5.74, 6) is -1.02. The number of benzene rings is 1. The molecular weight excluding hydrogens is 316 g/mol. The van der Waals surface area contributed by atoms with Crippen LogP contribution in [0.5, 0.6) is 0 Å². The number of carboxylic acids is 1. The van der Waals surface area contributed by atoms with E-state index in [0.29, 0.717) is 12.2 Å². The number of carboxylic acid groups (broad SMARTS) is 1. The fraction of sp³-hybridized carbons (Fsp3) is 0.312. The summed E-state index contributed by atoms with van der Waals surface area (Å²) in [4.78, 5) is 11.4. The second kappa shape index (κ2) is 5.82. The number of nitrogens with zero attached hydrogens (tertiary/aromatic N) is 2. The van der Waals surface area contributed by atoms with Gasteiger partial charge in [-0.15, -0.1) is 0 Å². The Morgan fingerprint density at radius 3 is 2.57 bits per heavy atom. The van der Waals surface area contributed by atoms with Gasteiger partial charge in [-0.25, -0.2) is 8.42 Å². The van der Waals surface area contributed by atoms with Crippen LogP contribution in [0.3, 0.4) is 0 Å². The zero-order valence-corrected chi connectivity index (χ0v) is 13.5. The molecule has 1 aromatic carbocycles. The molecule has 1 aliphatic rings. The Kier molecular flexibility index (Phi) is 3.99. The largest absolute Gasteiger partial charge is 0.481 e. The first-order valence-electron chi connectivity index (χ1n) is 7.35. The van der Waals surface area contributed by atoms with Gasteiger partial charge >= 0.3 is 5.97 Å². The van der Waals surface area contributed by atoms with Gasteiger partial charge in [0.15, 0.2) is 0 Å². The molecule has 0 fully saturated rings. The van der Waals surface area contributed by atoms with Crippen molar-refractivity contribution < 1.29 is 18.3 Å². The molecule has 122 valence electrons. The Bertz CT molecular complexity index is 824. The van der Waals surface area contributed by atoms with Crippen molar-refractivity contribution in [1.29, 1.82) is 0 Å². The molecule has 0 bridgehead atoms. The molecule has 0 radical (unpaired) electrons. The summed E-state index contributed by atoms with van der Waals surface area (Å²) in [5, 5.41) is 9.19. The average molecular weight is 334 g/mol. The van der Waals surface area contributed by atoms with Gasteiger partial charge in [-0.2, -0.15) is 4.31 Å². The number of fused-ring (bicyclic) bond motifs is 1. The molecule has 7 heteroatoms. The minimum Gasteiger partial charge on any atom is -0.481 e. The van der Waals surface area contributed by atoms with Crippen molar-refractivity contribution in [2.75, 3.05) is 6.54 Å². The van der Waals surface area contributed by atoms with E-state index in [0.717, 1.165) is 5.56 Å². The predicted molar refractivity (Wildman–Crippen MR) is 84.5 cm³/mol. The van der Waals surface area contributed by atoms with Crippen LogP contribution in [-0.2, 0) is 21.4 Å². The number of aliphatic carboxylic acids is 1. The first kappa shape index (κ1) is 15.8. The zero-order valence-electron chi connectivity index (χ0n) is 12.7. The third kappa shape index (κ3) is 2.89. The lowest BCUT2D eigenvalue weighted by atomic mass is 10.1. The number of aromatic nitrogens is 1. The Morgan fingerprint density at radius 2 is 1.91 bits per heavy atom. The first-order chi connectivity index (χ1) is 10.9. The standard InChI is InChI=1S/C16H18N2O4S/c1-12-4-6-13(7-5-12)23(21,22)18-10-9-17-8-2-3-14(17)15(18)11-16(19)20/h2-8,15H,9-11H2,1H3,(H,19,20). The minimum atomic E-state index is -3.74. The zero-order chi connectivity index (χ0) is 16.6. The molecule has 1 N–H and O–H groups in total. The van der Waals surface area contributed by atoms with E-state index in [2.05, 4.69) is 0 Å². The van der Waals surface area contributed by atoms with Crippen molar-refractivity contribution in [2.24, 2.45) is 0 Å². The maximum atomic E-state index is 12.9. The second-order valence-corrected chi connectivity index (χ2v) is 7.56. The third-order valence-corrected chi connectivity index (χ3v) is 6.03. The van der Waals surface area contributed by atoms with Crippen molar-refractivity contribution in [3.05, 3.63) is 53.9 Å². The molecule has 2 heterocycles. The van der Waals surface area contributed by atoms with E-state index in [9.17, 15) is 18.3 Å². The highest BCUT2D eigenvalue weighted by atomic mass is 32.2. The van der Waals surface area contributed by atoms with Crippen LogP contribution in [0.25, 0.3) is 0 Å². The number of carbonyl (C=O) groups is 1. The van der Waals surface area contributed by atoms with Crippen LogP contribution in [-0.4, -0.2) is 34.9 Å². The molecule has 2 aromatic rings. The van der Waals surface area contributed by atoms with Gasteiger partial charge < -0.3 is 9.67 Å². The van der Waals surface area contributed by atoms with E-state index in [1.54, 1.807) is 30.3 Å². The van der Waals surface area contributed by atoms with Crippen LogP contribution in [0, 0.1) is 6.92 Å². The van der Waals surface area contributed by atoms with Crippen molar-refractivity contribution in [2.45, 2.75) is 30.8 Å². The van der Waals surface area contributed by atoms with Gasteiger partial charge in [0.25, 0.3) is 0 Å². The predicted octanol–water partition coefficient (Wildman–Crippen LogP) is 2.02. The number of hydrogen-bond acceptors (Lipinski definition) is 3. The fourth-order valence-corrected chi connectivity index (χ4v) is 4.54. The second-order valence-electron chi connectivity index (χ2n) is 5.67. The average Bonchev–Trinajstić information content (AvgIpc) is 2.96. The SMILES string of the molecule is Cc1ccc(S(=O)(=O)N2CCn3cccc3C2CC(=O)O)cc1. The molecule has 1 aromatic heterocycles. The van der Waals surface area contributed by atoms with Gasteiger partial charge in [0, 0.05) is 25.0 Å². The molecule has 6 nitrogen and oxygen atoms in total. The Balaban J connectivity index is 2.03. The van der Waals surface area contributed by atoms with Gasteiger partial charge in [-0.05, 0) is 31.2 Å². The lowest BCUT2D eigenvalue weighted by Gasteiger charge is -2.35. The summed E-state index contributed by atoms with van der Waals surface area (Å²) >= 11 is 0. The van der Waals surface area contributed by atoms with E-state index in [4.69, 9.17) is 0 Å². The molecule has 1 aliphatic heterocycles. The smallest absolute Gasteiger partial charge is 0.305 e. The van der Waals surface area contributed by atoms with Crippen molar-refractivity contribution >= 4 is 16.0 Å². The molecule has 0 aliphatic carbocycles. The topological polar surface area (TPSA) is 79.6 Å². The quantitative estimate of drug-likeness (QED) is 0.928. The van der Waals surface area contributed by atoms with Gasteiger partial charge in [0.1, 0.15) is 0 Å². The molecule has 0 amide bonds. The number of hydrogen-bond donors (Lipinski definition) is 1. The van der Waals surface area contributed by atoms with Crippen molar-refractivity contribution in [1.82, 2.24) is 8.87 Å². The van der Waals surface area contributed by atoms with Crippen LogP contribution in [0.1, 0.15) is 23.7 Å². The van der Waals surface area contributed by atoms with Crippen molar-refractivity contribution in [3.8, 4) is 0 Å². The van der Waals surface area contributed by atoms with Gasteiger partial charge in [-0.3, -0.25) is 4.79 Å². The highest BCUT2D eigenvalue weighted by Gasteiger charge is 2.37. The molecule has 23 heavy (non-hydrogen) atoms. The summed E-state index contributed by atoms with van der Waals surface area (Å²) in [6.45, 7) is 2.66. The lowest BCUT2D eigenvalue weighted by Crippen LogP contribution is -2.42. The molecular formula is C16H18N2O4S. The monoisotopic (exact) mass is 334 g/mol. The number of sulfonamides is 1. The number of rotatable bonds is 4. The summed E-state index contributed by atoms with van der Waals surface area (Å²) in [7, 11) is -3.74. The molecule has 0 saturated heterocycles. The van der Waals surface area contributed by atoms with Crippen LogP contribution in [0.15, 0.2) is 47.5 Å². The van der Waals surface area contributed by atoms with E-state index >= 15 is 0 Å². The highest BCUT2D eigenvalue weighted by Crippen LogP contribution is 2.33. The van der Waals surface area contributed by atoms with Gasteiger partial charge in [0.2, 0.25) is 10.0 Å². The molecule has 0 saturated carbocycles. The van der Waals surface area contributed by atoms with E-state index in [-0.39, 0.29) is 17.9 Å². The third-order valence-electron chi connectivity index (χ3n) is 4.11. The maximum Gasteiger partial charge on any atom is 0.305 e. The van der Waals surface area contributed by atoms with Crippen LogP contribution >= 0.6 is 0 Å². The summed E-state index contributed by atoms with van der Waals surface area (Å²) in [6.07, 6.45) is 1.59. The minimum absolute atomic E-state index is 0.193. The number of aryl methyl sites for hydroxylation is 1. The fourth-order valence-electron chi connectivity index (χ4n) is 2.95. The molecule has 1 unspecified atom stereocenters. The molecule has 3 rings (SSSR count). The summed E-state index contributed by atoms with van der Waals surface area (Å²) < 4.78 is 29.1. The van der Waals surface area contributed by atoms with Crippen LogP contribution < -0.4 is 0 Å². The van der Waals surface area contributed by atoms with Gasteiger partial charge in [-0.1, -0.05) is 17.7 Å². The summed E-state index contributed by atoms with van der Waals surface area (Å²) in [5.41, 5.74) is 1.69. The van der Waals surface area contributed by atoms with E-state index < -0.39 is 22.0 Å². The van der Waals surface area contributed by atoms with Crippen molar-refractivity contribution in [3.63, 3.8) is 0 Å². The van der Waals surface area contributed by atoms with E-state index in [1.807, 2.05) is 23.8 Å². The van der Waals surface area contributed by atoms with Gasteiger partial charge in [0.05, 0.1) is 17.4 Å². The molecule has 1 atom stereocenters. The Hall–Kier alpha value is -2.12. The maximum absolute atomic E-state index is 12.9. The Labute approximate surface area is 135 Å². The molecule has 0 spiro atoms.